The Bertz CT molecular complexity index is 1090. The standard InChI is InChI=1S/C24H25N3O4/c1-2-30-16-11-9-15(10-12-16)23-20-21(18-7-3-4-8-19(18)28)25-26-22(20)24(29)27(23)14-17-6-5-13-31-17/h3-4,7-12,17,23,28H,2,5-6,13-14H2,1H3,(H,25,26). The second kappa shape index (κ2) is 8.07. The molecular weight excluding hydrogens is 394 g/mol. The van der Waals surface area contributed by atoms with E-state index in [-0.39, 0.29) is 23.8 Å². The van der Waals surface area contributed by atoms with Crippen molar-refractivity contribution in [3.05, 3.63) is 65.4 Å². The van der Waals surface area contributed by atoms with E-state index in [9.17, 15) is 9.90 Å². The molecule has 2 aliphatic rings. The van der Waals surface area contributed by atoms with E-state index in [1.807, 2.05) is 48.2 Å². The maximum absolute atomic E-state index is 13.4. The van der Waals surface area contributed by atoms with Gasteiger partial charge < -0.3 is 19.5 Å². The average Bonchev–Trinajstić information content (AvgIpc) is 3.50. The summed E-state index contributed by atoms with van der Waals surface area (Å²) in [6.07, 6.45) is 1.98. The van der Waals surface area contributed by atoms with Gasteiger partial charge in [0.15, 0.2) is 0 Å². The van der Waals surface area contributed by atoms with Crippen LogP contribution in [-0.2, 0) is 4.74 Å². The molecule has 1 aromatic heterocycles. The van der Waals surface area contributed by atoms with Gasteiger partial charge in [-0.3, -0.25) is 9.89 Å². The highest BCUT2D eigenvalue weighted by molar-refractivity contribution is 6.00. The minimum atomic E-state index is -0.323. The van der Waals surface area contributed by atoms with Crippen LogP contribution in [0.1, 0.15) is 47.4 Å². The van der Waals surface area contributed by atoms with Crippen LogP contribution in [0.5, 0.6) is 11.5 Å². The van der Waals surface area contributed by atoms with Gasteiger partial charge in [-0.25, -0.2) is 0 Å². The number of hydrogen-bond donors (Lipinski definition) is 2. The van der Waals surface area contributed by atoms with Crippen LogP contribution in [0.25, 0.3) is 11.3 Å². The zero-order valence-electron chi connectivity index (χ0n) is 17.4. The second-order valence-electron chi connectivity index (χ2n) is 7.88. The molecule has 2 aliphatic heterocycles. The van der Waals surface area contributed by atoms with Gasteiger partial charge in [-0.15, -0.1) is 0 Å². The number of phenolic OH excluding ortho intramolecular Hbond substituents is 1. The van der Waals surface area contributed by atoms with E-state index in [1.165, 1.54) is 0 Å². The zero-order valence-corrected chi connectivity index (χ0v) is 17.4. The largest absolute Gasteiger partial charge is 0.507 e. The molecule has 3 aromatic rings. The first-order valence-electron chi connectivity index (χ1n) is 10.7. The number of carbonyl (C=O) groups is 1. The first kappa shape index (κ1) is 19.6. The van der Waals surface area contributed by atoms with Crippen LogP contribution in [0.15, 0.2) is 48.5 Å². The smallest absolute Gasteiger partial charge is 0.273 e. The lowest BCUT2D eigenvalue weighted by Crippen LogP contribution is -2.36. The number of hydrogen-bond acceptors (Lipinski definition) is 5. The average molecular weight is 419 g/mol. The van der Waals surface area contributed by atoms with Crippen molar-refractivity contribution in [3.63, 3.8) is 0 Å². The number of para-hydroxylation sites is 1. The molecule has 7 nitrogen and oxygen atoms in total. The Kier molecular flexibility index (Phi) is 5.11. The highest BCUT2D eigenvalue weighted by atomic mass is 16.5. The van der Waals surface area contributed by atoms with Crippen molar-refractivity contribution < 1.29 is 19.4 Å². The van der Waals surface area contributed by atoms with Crippen molar-refractivity contribution in [2.75, 3.05) is 19.8 Å². The third-order valence-electron chi connectivity index (χ3n) is 5.95. The zero-order chi connectivity index (χ0) is 21.4. The number of nitrogens with zero attached hydrogens (tertiary/aromatic N) is 2. The van der Waals surface area contributed by atoms with Gasteiger partial charge in [-0.05, 0) is 49.6 Å². The minimum absolute atomic E-state index is 0.0275. The van der Waals surface area contributed by atoms with Gasteiger partial charge >= 0.3 is 0 Å². The molecule has 0 saturated carbocycles. The summed E-state index contributed by atoms with van der Waals surface area (Å²) >= 11 is 0. The molecule has 1 amide bonds. The van der Waals surface area contributed by atoms with Crippen LogP contribution in [-0.4, -0.2) is 52.0 Å². The number of carbonyl (C=O) groups excluding carboxylic acids is 1. The number of H-pyrrole nitrogens is 1. The molecular formula is C24H25N3O4. The number of nitrogens with one attached hydrogen (secondary N) is 1. The third-order valence-corrected chi connectivity index (χ3v) is 5.95. The molecule has 31 heavy (non-hydrogen) atoms. The number of rotatable bonds is 6. The molecule has 2 N–H and O–H groups in total. The Hall–Kier alpha value is -3.32. The van der Waals surface area contributed by atoms with Crippen LogP contribution in [0.2, 0.25) is 0 Å². The Balaban J connectivity index is 1.60. The van der Waals surface area contributed by atoms with Crippen molar-refractivity contribution in [3.8, 4) is 22.8 Å². The van der Waals surface area contributed by atoms with E-state index in [4.69, 9.17) is 9.47 Å². The molecule has 0 bridgehead atoms. The fourth-order valence-corrected chi connectivity index (χ4v) is 4.53. The Morgan fingerprint density at radius 3 is 2.74 bits per heavy atom. The predicted octanol–water partition coefficient (Wildman–Crippen LogP) is 3.91. The number of aromatic amines is 1. The maximum atomic E-state index is 13.4. The van der Waals surface area contributed by atoms with Gasteiger partial charge in [-0.2, -0.15) is 5.10 Å². The quantitative estimate of drug-likeness (QED) is 0.633. The van der Waals surface area contributed by atoms with Gasteiger partial charge in [0.2, 0.25) is 0 Å². The molecule has 5 rings (SSSR count). The molecule has 2 unspecified atom stereocenters. The van der Waals surface area contributed by atoms with Crippen molar-refractivity contribution in [1.82, 2.24) is 15.1 Å². The van der Waals surface area contributed by atoms with E-state index >= 15 is 0 Å². The Morgan fingerprint density at radius 2 is 2.03 bits per heavy atom. The number of amides is 1. The highest BCUT2D eigenvalue weighted by Gasteiger charge is 2.43. The summed E-state index contributed by atoms with van der Waals surface area (Å²) in [6.45, 7) is 3.79. The van der Waals surface area contributed by atoms with E-state index in [2.05, 4.69) is 10.2 Å². The van der Waals surface area contributed by atoms with Crippen molar-refractivity contribution in [2.45, 2.75) is 31.9 Å². The first-order chi connectivity index (χ1) is 15.2. The number of aromatic nitrogens is 2. The monoisotopic (exact) mass is 419 g/mol. The van der Waals surface area contributed by atoms with Crippen LogP contribution in [0, 0.1) is 0 Å². The first-order valence-corrected chi connectivity index (χ1v) is 10.7. The van der Waals surface area contributed by atoms with Crippen LogP contribution >= 0.6 is 0 Å². The molecule has 1 fully saturated rings. The lowest BCUT2D eigenvalue weighted by molar-refractivity contribution is 0.0495. The van der Waals surface area contributed by atoms with Crippen molar-refractivity contribution in [2.24, 2.45) is 0 Å². The SMILES string of the molecule is CCOc1ccc(C2c3c(-c4ccccc4O)n[nH]c3C(=O)N2CC2CCCO2)cc1. The molecule has 0 spiro atoms. The molecule has 2 aromatic carbocycles. The summed E-state index contributed by atoms with van der Waals surface area (Å²) in [4.78, 5) is 15.2. The number of fused-ring (bicyclic) bond motifs is 1. The molecule has 0 aliphatic carbocycles. The number of phenols is 1. The lowest BCUT2D eigenvalue weighted by Gasteiger charge is -2.28. The number of aromatic hydroxyl groups is 1. The van der Waals surface area contributed by atoms with E-state index in [0.29, 0.717) is 30.1 Å². The molecule has 1 saturated heterocycles. The predicted molar refractivity (Wildman–Crippen MR) is 115 cm³/mol. The summed E-state index contributed by atoms with van der Waals surface area (Å²) < 4.78 is 11.4. The highest BCUT2D eigenvalue weighted by Crippen LogP contribution is 2.45. The molecule has 0 radical (unpaired) electrons. The second-order valence-corrected chi connectivity index (χ2v) is 7.88. The van der Waals surface area contributed by atoms with Gasteiger partial charge in [0, 0.05) is 24.3 Å². The normalized spacial score (nSPS) is 20.3. The lowest BCUT2D eigenvalue weighted by atomic mass is 9.95. The number of benzene rings is 2. The van der Waals surface area contributed by atoms with Gasteiger partial charge in [0.25, 0.3) is 5.91 Å². The summed E-state index contributed by atoms with van der Waals surface area (Å²) in [5.74, 6) is 0.820. The summed E-state index contributed by atoms with van der Waals surface area (Å²) in [6, 6.07) is 14.6. The summed E-state index contributed by atoms with van der Waals surface area (Å²) in [5, 5.41) is 17.8. The van der Waals surface area contributed by atoms with Crippen LogP contribution in [0.4, 0.5) is 0 Å². The molecule has 3 heterocycles. The minimum Gasteiger partial charge on any atom is -0.507 e. The summed E-state index contributed by atoms with van der Waals surface area (Å²) in [7, 11) is 0. The fraction of sp³-hybridized carbons (Fsp3) is 0.333. The fourth-order valence-electron chi connectivity index (χ4n) is 4.53. The number of ether oxygens (including phenoxy) is 2. The molecule has 7 heteroatoms. The van der Waals surface area contributed by atoms with Gasteiger partial charge in [0.1, 0.15) is 22.9 Å². The van der Waals surface area contributed by atoms with E-state index in [0.717, 1.165) is 36.3 Å². The molecule has 160 valence electrons. The van der Waals surface area contributed by atoms with Crippen LogP contribution in [0.3, 0.4) is 0 Å². The van der Waals surface area contributed by atoms with Crippen molar-refractivity contribution in [1.29, 1.82) is 0 Å². The topological polar surface area (TPSA) is 87.7 Å². The van der Waals surface area contributed by atoms with Gasteiger partial charge in [0.05, 0.1) is 18.8 Å². The Labute approximate surface area is 180 Å². The third kappa shape index (κ3) is 3.45. The summed E-state index contributed by atoms with van der Waals surface area (Å²) in [5.41, 5.74) is 3.41. The van der Waals surface area contributed by atoms with Gasteiger partial charge in [-0.1, -0.05) is 24.3 Å². The Morgan fingerprint density at radius 1 is 1.23 bits per heavy atom. The van der Waals surface area contributed by atoms with Crippen LogP contribution < -0.4 is 4.74 Å². The van der Waals surface area contributed by atoms with Crippen molar-refractivity contribution >= 4 is 5.91 Å². The van der Waals surface area contributed by atoms with E-state index in [1.54, 1.807) is 12.1 Å². The molecule has 2 atom stereocenters. The maximum Gasteiger partial charge on any atom is 0.273 e. The van der Waals surface area contributed by atoms with E-state index < -0.39 is 0 Å².